The number of carbonyl (C=O) groups is 3. The van der Waals surface area contributed by atoms with Crippen LogP contribution in [0.1, 0.15) is 363 Å². The van der Waals surface area contributed by atoms with Gasteiger partial charge in [-0.25, -0.2) is 0 Å². The fourth-order valence-corrected chi connectivity index (χ4v) is 10.1. The Labute approximate surface area is 444 Å². The highest BCUT2D eigenvalue weighted by molar-refractivity contribution is 5.71. The van der Waals surface area contributed by atoms with Crippen molar-refractivity contribution in [2.24, 2.45) is 17.8 Å². The van der Waals surface area contributed by atoms with Crippen LogP contribution in [0.25, 0.3) is 0 Å². The van der Waals surface area contributed by atoms with Gasteiger partial charge in [0.05, 0.1) is 0 Å². The van der Waals surface area contributed by atoms with E-state index in [0.29, 0.717) is 19.3 Å². The fraction of sp³-hybridized carbons (Fsp3) is 0.954. The third-order valence-corrected chi connectivity index (χ3v) is 14.9. The molecule has 0 aromatic heterocycles. The SMILES string of the molecule is CC(C)CCCCCCCCCCCCCCCCCCC(=O)OC[C@@H](COC(=O)CCCCCCCCCCCCCCCC(C)C)OC(=O)CCCCCCCCCCCCCCCCCC(C)C. The Morgan fingerprint density at radius 3 is 0.606 bits per heavy atom. The van der Waals surface area contributed by atoms with Crippen LogP contribution in [-0.4, -0.2) is 37.2 Å². The Hall–Kier alpha value is -1.59. The Balaban J connectivity index is 4.29. The van der Waals surface area contributed by atoms with Crippen LogP contribution < -0.4 is 0 Å². The van der Waals surface area contributed by atoms with E-state index in [1.807, 2.05) is 0 Å². The first-order chi connectivity index (χ1) is 34.6. The molecule has 0 heterocycles. The van der Waals surface area contributed by atoms with Gasteiger partial charge in [-0.15, -0.1) is 0 Å². The molecule has 0 aliphatic carbocycles. The first-order valence-electron chi connectivity index (χ1n) is 32.1. The molecule has 0 amide bonds. The second kappa shape index (κ2) is 56.1. The summed E-state index contributed by atoms with van der Waals surface area (Å²) >= 11 is 0. The molecule has 0 aromatic carbocycles. The van der Waals surface area contributed by atoms with E-state index in [1.54, 1.807) is 0 Å². The van der Waals surface area contributed by atoms with E-state index in [4.69, 9.17) is 14.2 Å². The topological polar surface area (TPSA) is 78.9 Å². The van der Waals surface area contributed by atoms with Crippen LogP contribution in [0.15, 0.2) is 0 Å². The largest absolute Gasteiger partial charge is 0.462 e. The third kappa shape index (κ3) is 59.2. The average molecular weight is 1000 g/mol. The summed E-state index contributed by atoms with van der Waals surface area (Å²) < 4.78 is 17.0. The quantitative estimate of drug-likeness (QED) is 0.0343. The lowest BCUT2D eigenvalue weighted by atomic mass is 10.0. The second-order valence-electron chi connectivity index (χ2n) is 23.8. The van der Waals surface area contributed by atoms with E-state index >= 15 is 0 Å². The van der Waals surface area contributed by atoms with Gasteiger partial charge in [0.1, 0.15) is 13.2 Å². The van der Waals surface area contributed by atoms with Crippen molar-refractivity contribution in [1.82, 2.24) is 0 Å². The van der Waals surface area contributed by atoms with Crippen LogP contribution in [-0.2, 0) is 28.6 Å². The van der Waals surface area contributed by atoms with Crippen LogP contribution in [0.3, 0.4) is 0 Å². The van der Waals surface area contributed by atoms with Gasteiger partial charge in [-0.3, -0.25) is 14.4 Å². The van der Waals surface area contributed by atoms with Gasteiger partial charge >= 0.3 is 17.9 Å². The summed E-state index contributed by atoms with van der Waals surface area (Å²) in [6.45, 7) is 13.8. The maximum absolute atomic E-state index is 12.9. The molecule has 6 heteroatoms. The maximum atomic E-state index is 12.9. The van der Waals surface area contributed by atoms with Crippen molar-refractivity contribution >= 4 is 17.9 Å². The standard InChI is InChI=1S/C65H126O6/c1-59(2)51-45-39-33-27-21-15-10-7-8-12-18-24-30-36-42-48-54-63(66)69-57-62(58-70-64(67)55-49-43-37-31-25-20-14-17-23-29-35-41-47-53-61(5)6)71-65(68)56-50-44-38-32-26-19-13-9-11-16-22-28-34-40-46-52-60(3)4/h59-62H,7-58H2,1-6H3/t62-/m0/s1. The Morgan fingerprint density at radius 2 is 0.408 bits per heavy atom. The van der Waals surface area contributed by atoms with Crippen LogP contribution in [0, 0.1) is 17.8 Å². The Bertz CT molecular complexity index is 1100. The van der Waals surface area contributed by atoms with Gasteiger partial charge in [0.2, 0.25) is 0 Å². The molecule has 0 spiro atoms. The molecule has 0 saturated carbocycles. The lowest BCUT2D eigenvalue weighted by Crippen LogP contribution is -2.30. The van der Waals surface area contributed by atoms with Crippen molar-refractivity contribution < 1.29 is 28.6 Å². The first kappa shape index (κ1) is 69.4. The van der Waals surface area contributed by atoms with Crippen LogP contribution >= 0.6 is 0 Å². The van der Waals surface area contributed by atoms with E-state index in [1.165, 1.54) is 244 Å². The number of carbonyl (C=O) groups excluding carboxylic acids is 3. The summed E-state index contributed by atoms with van der Waals surface area (Å²) in [4.78, 5) is 38.3. The average Bonchev–Trinajstić information content (AvgIpc) is 3.33. The van der Waals surface area contributed by atoms with E-state index in [-0.39, 0.29) is 31.1 Å². The molecule has 0 radical (unpaired) electrons. The first-order valence-corrected chi connectivity index (χ1v) is 32.1. The summed E-state index contributed by atoms with van der Waals surface area (Å²) in [5, 5.41) is 0. The molecule has 0 rings (SSSR count). The second-order valence-corrected chi connectivity index (χ2v) is 23.8. The summed E-state index contributed by atoms with van der Waals surface area (Å²) in [5.74, 6) is 1.71. The van der Waals surface area contributed by atoms with Gasteiger partial charge in [0, 0.05) is 19.3 Å². The van der Waals surface area contributed by atoms with Crippen molar-refractivity contribution in [3.8, 4) is 0 Å². The monoisotopic (exact) mass is 1000 g/mol. The molecule has 0 fully saturated rings. The minimum Gasteiger partial charge on any atom is -0.462 e. The van der Waals surface area contributed by atoms with Gasteiger partial charge < -0.3 is 14.2 Å². The van der Waals surface area contributed by atoms with Crippen molar-refractivity contribution in [2.45, 2.75) is 369 Å². The minimum atomic E-state index is -0.764. The molecule has 0 N–H and O–H groups in total. The lowest BCUT2D eigenvalue weighted by Gasteiger charge is -2.18. The summed E-state index contributed by atoms with van der Waals surface area (Å²) in [5.41, 5.74) is 0. The Kier molecular flexibility index (Phi) is 54.9. The molecule has 0 bridgehead atoms. The molecule has 0 aliphatic rings. The lowest BCUT2D eigenvalue weighted by molar-refractivity contribution is -0.167. The molecule has 1 atom stereocenters. The molecule has 0 aliphatic heterocycles. The van der Waals surface area contributed by atoms with E-state index < -0.39 is 6.10 Å². The van der Waals surface area contributed by atoms with Gasteiger partial charge in [0.25, 0.3) is 0 Å². The zero-order valence-electron chi connectivity index (χ0n) is 49.0. The van der Waals surface area contributed by atoms with E-state index in [2.05, 4.69) is 41.5 Å². The highest BCUT2D eigenvalue weighted by Crippen LogP contribution is 2.19. The molecular formula is C65H126O6. The van der Waals surface area contributed by atoms with Crippen molar-refractivity contribution in [2.75, 3.05) is 13.2 Å². The van der Waals surface area contributed by atoms with E-state index in [0.717, 1.165) is 75.5 Å². The molecule has 6 nitrogen and oxygen atoms in total. The fourth-order valence-electron chi connectivity index (χ4n) is 10.1. The Morgan fingerprint density at radius 1 is 0.239 bits per heavy atom. The predicted molar refractivity (Wildman–Crippen MR) is 307 cm³/mol. The summed E-state index contributed by atoms with van der Waals surface area (Å²) in [6, 6.07) is 0. The smallest absolute Gasteiger partial charge is 0.306 e. The van der Waals surface area contributed by atoms with Crippen molar-refractivity contribution in [3.05, 3.63) is 0 Å². The van der Waals surface area contributed by atoms with Gasteiger partial charge in [0.15, 0.2) is 6.10 Å². The van der Waals surface area contributed by atoms with Crippen molar-refractivity contribution in [1.29, 1.82) is 0 Å². The number of hydrogen-bond donors (Lipinski definition) is 0. The molecule has 0 saturated heterocycles. The number of ether oxygens (including phenoxy) is 3. The van der Waals surface area contributed by atoms with Crippen LogP contribution in [0.2, 0.25) is 0 Å². The van der Waals surface area contributed by atoms with Gasteiger partial charge in [-0.2, -0.15) is 0 Å². The summed E-state index contributed by atoms with van der Waals surface area (Å²) in [6.07, 6.45) is 61.0. The van der Waals surface area contributed by atoms with Gasteiger partial charge in [-0.1, -0.05) is 324 Å². The highest BCUT2D eigenvalue weighted by atomic mass is 16.6. The van der Waals surface area contributed by atoms with Gasteiger partial charge in [-0.05, 0) is 37.0 Å². The number of hydrogen-bond acceptors (Lipinski definition) is 6. The van der Waals surface area contributed by atoms with Crippen molar-refractivity contribution in [3.63, 3.8) is 0 Å². The highest BCUT2D eigenvalue weighted by Gasteiger charge is 2.19. The normalized spacial score (nSPS) is 12.1. The number of esters is 3. The molecule has 422 valence electrons. The third-order valence-electron chi connectivity index (χ3n) is 14.9. The summed E-state index contributed by atoms with van der Waals surface area (Å²) in [7, 11) is 0. The van der Waals surface area contributed by atoms with Crippen LogP contribution in [0.5, 0.6) is 0 Å². The zero-order valence-corrected chi connectivity index (χ0v) is 49.0. The number of rotatable bonds is 58. The minimum absolute atomic E-state index is 0.0625. The molecule has 0 unspecified atom stereocenters. The predicted octanol–water partition coefficient (Wildman–Crippen LogP) is 21.5. The maximum Gasteiger partial charge on any atom is 0.306 e. The molecule has 71 heavy (non-hydrogen) atoms. The van der Waals surface area contributed by atoms with Crippen LogP contribution in [0.4, 0.5) is 0 Å². The van der Waals surface area contributed by atoms with E-state index in [9.17, 15) is 14.4 Å². The number of unbranched alkanes of at least 4 members (excludes halogenated alkanes) is 41. The molecular weight excluding hydrogens is 877 g/mol. The zero-order chi connectivity index (χ0) is 51.9. The molecule has 0 aromatic rings.